The monoisotopic (exact) mass is 533 g/mol. The number of hydrogen-bond donors (Lipinski definition) is 4. The molecule has 0 bridgehead atoms. The largest absolute Gasteiger partial charge is 2.00 e. The number of rotatable bonds is 0. The van der Waals surface area contributed by atoms with E-state index in [1.807, 2.05) is 24.3 Å². The SMILES string of the molecule is [Cu+2].[O-][Cl+3]([O-])([O-])[O-].[O-][Cl+3]([O-])([O-])[O-].c1cn[nH]c1.c1cn[nH]c1.c1cn[nH]c1.c1cn[nH]c1. The van der Waals surface area contributed by atoms with Gasteiger partial charge >= 0.3 is 17.1 Å². The molecule has 19 heteroatoms. The minimum absolute atomic E-state index is 0. The van der Waals surface area contributed by atoms with Crippen molar-refractivity contribution >= 4 is 0 Å². The average Bonchev–Trinajstić information content (AvgIpc) is 3.51. The van der Waals surface area contributed by atoms with E-state index in [0.29, 0.717) is 0 Å². The zero-order chi connectivity index (χ0) is 23.1. The Labute approximate surface area is 189 Å². The van der Waals surface area contributed by atoms with Crippen molar-refractivity contribution in [3.05, 3.63) is 73.8 Å². The first-order valence-corrected chi connectivity index (χ1v) is 9.45. The smallest absolute Gasteiger partial charge is 0.286 e. The van der Waals surface area contributed by atoms with Crippen LogP contribution in [0.15, 0.2) is 73.8 Å². The maximum absolute atomic E-state index is 8.49. The minimum atomic E-state index is -4.94. The van der Waals surface area contributed by atoms with Crippen LogP contribution in [0.5, 0.6) is 0 Å². The van der Waals surface area contributed by atoms with Crippen molar-refractivity contribution in [3.63, 3.8) is 0 Å². The molecule has 0 saturated heterocycles. The molecule has 0 atom stereocenters. The average molecular weight is 535 g/mol. The summed E-state index contributed by atoms with van der Waals surface area (Å²) in [5.41, 5.74) is 0. The second-order valence-corrected chi connectivity index (χ2v) is 5.33. The molecule has 4 aromatic rings. The first-order valence-electron chi connectivity index (χ1n) is 6.98. The molecule has 0 unspecified atom stereocenters. The van der Waals surface area contributed by atoms with Crippen LogP contribution in [0.25, 0.3) is 0 Å². The van der Waals surface area contributed by atoms with Crippen molar-refractivity contribution in [1.29, 1.82) is 0 Å². The second kappa shape index (κ2) is 22.3. The van der Waals surface area contributed by atoms with Crippen molar-refractivity contribution in [3.8, 4) is 0 Å². The maximum atomic E-state index is 8.49. The third-order valence-corrected chi connectivity index (χ3v) is 1.62. The number of aromatic amines is 4. The van der Waals surface area contributed by atoms with E-state index >= 15 is 0 Å². The van der Waals surface area contributed by atoms with Gasteiger partial charge in [-0.3, -0.25) is 20.4 Å². The topological polar surface area (TPSA) is 299 Å². The molecular formula is C12H16Cl2CuN8O8. The molecule has 4 rings (SSSR count). The molecule has 16 nitrogen and oxygen atoms in total. The molecule has 177 valence electrons. The molecule has 0 aliphatic rings. The van der Waals surface area contributed by atoms with Crippen LogP contribution in [0.1, 0.15) is 0 Å². The van der Waals surface area contributed by atoms with Gasteiger partial charge in [-0.05, 0) is 24.3 Å². The molecule has 0 fully saturated rings. The van der Waals surface area contributed by atoms with Crippen molar-refractivity contribution in [2.45, 2.75) is 0 Å². The van der Waals surface area contributed by atoms with Crippen LogP contribution in [0.3, 0.4) is 0 Å². The number of nitrogens with zero attached hydrogens (tertiary/aromatic N) is 4. The molecule has 31 heavy (non-hydrogen) atoms. The maximum Gasteiger partial charge on any atom is 2.00 e. The molecular weight excluding hydrogens is 519 g/mol. The van der Waals surface area contributed by atoms with E-state index in [2.05, 4.69) is 40.8 Å². The van der Waals surface area contributed by atoms with Crippen LogP contribution >= 0.6 is 0 Å². The molecule has 0 aliphatic carbocycles. The summed E-state index contributed by atoms with van der Waals surface area (Å²) in [6.45, 7) is 0. The van der Waals surface area contributed by atoms with Gasteiger partial charge in [-0.1, -0.05) is 0 Å². The molecule has 4 heterocycles. The Bertz CT molecular complexity index is 524. The van der Waals surface area contributed by atoms with Gasteiger partial charge in [0.25, 0.3) is 0 Å². The van der Waals surface area contributed by atoms with E-state index in [4.69, 9.17) is 37.3 Å². The minimum Gasteiger partial charge on any atom is -0.286 e. The van der Waals surface area contributed by atoms with Gasteiger partial charge in [0.2, 0.25) is 0 Å². The number of H-pyrrole nitrogens is 4. The van der Waals surface area contributed by atoms with Crippen molar-refractivity contribution in [2.75, 3.05) is 0 Å². The third kappa shape index (κ3) is 58.4. The van der Waals surface area contributed by atoms with Crippen molar-refractivity contribution < 1.29 is 74.8 Å². The number of nitrogens with one attached hydrogen (secondary N) is 4. The number of halogens is 2. The van der Waals surface area contributed by atoms with Crippen LogP contribution in [-0.4, -0.2) is 40.8 Å². The van der Waals surface area contributed by atoms with Gasteiger partial charge < -0.3 is 0 Å². The summed E-state index contributed by atoms with van der Waals surface area (Å²) in [6.07, 6.45) is 13.8. The van der Waals surface area contributed by atoms with Gasteiger partial charge in [0, 0.05) is 49.6 Å². The molecule has 0 spiro atoms. The van der Waals surface area contributed by atoms with Gasteiger partial charge in [-0.15, -0.1) is 20.5 Å². The van der Waals surface area contributed by atoms with Crippen LogP contribution < -0.4 is 37.3 Å². The quantitative estimate of drug-likeness (QED) is 0.153. The predicted molar refractivity (Wildman–Crippen MR) is 74.4 cm³/mol. The predicted octanol–water partition coefficient (Wildman–Crippen LogP) is -7.88. The van der Waals surface area contributed by atoms with E-state index in [9.17, 15) is 0 Å². The third-order valence-electron chi connectivity index (χ3n) is 1.62. The fraction of sp³-hybridized carbons (Fsp3) is 0. The molecule has 0 saturated carbocycles. The van der Waals surface area contributed by atoms with Gasteiger partial charge in [0.15, 0.2) is 0 Å². The Morgan fingerprint density at radius 3 is 0.613 bits per heavy atom. The van der Waals surface area contributed by atoms with Crippen LogP contribution in [0.2, 0.25) is 0 Å². The first kappa shape index (κ1) is 33.3. The van der Waals surface area contributed by atoms with Crippen LogP contribution in [0, 0.1) is 20.5 Å². The van der Waals surface area contributed by atoms with E-state index in [1.165, 1.54) is 0 Å². The Morgan fingerprint density at radius 1 is 0.419 bits per heavy atom. The Kier molecular flexibility index (Phi) is 23.9. The zero-order valence-corrected chi connectivity index (χ0v) is 17.5. The molecule has 0 aliphatic heterocycles. The summed E-state index contributed by atoms with van der Waals surface area (Å²) < 4.78 is 67.9. The number of hydrogen-bond acceptors (Lipinski definition) is 12. The first-order chi connectivity index (χ1) is 14.0. The van der Waals surface area contributed by atoms with Crippen LogP contribution in [-0.2, 0) is 17.1 Å². The van der Waals surface area contributed by atoms with E-state index in [0.717, 1.165) is 0 Å². The van der Waals surface area contributed by atoms with Gasteiger partial charge in [-0.2, -0.15) is 20.4 Å². The van der Waals surface area contributed by atoms with Crippen LogP contribution in [0.4, 0.5) is 0 Å². The molecule has 4 N–H and O–H groups in total. The summed E-state index contributed by atoms with van der Waals surface area (Å²) >= 11 is 0. The van der Waals surface area contributed by atoms with Gasteiger partial charge in [-0.25, -0.2) is 37.3 Å². The second-order valence-electron chi connectivity index (χ2n) is 3.82. The molecule has 4 aromatic heterocycles. The standard InChI is InChI=1S/4C3H4N2.2ClHO4.Cu/c4*1-2-4-5-3-1;2*2-1(3,4)5;/h4*1-3H,(H,4,5);2*(H,2,3,4,5);/q;;;;;;+2/p-2. The molecule has 0 aromatic carbocycles. The van der Waals surface area contributed by atoms with Gasteiger partial charge in [0.05, 0.1) is 0 Å². The normalized spacial score (nSPS) is 9.03. The summed E-state index contributed by atoms with van der Waals surface area (Å²) in [5, 5.41) is 24.8. The summed E-state index contributed by atoms with van der Waals surface area (Å²) in [4.78, 5) is 0. The summed E-state index contributed by atoms with van der Waals surface area (Å²) in [5.74, 6) is 0. The molecule has 0 amide bonds. The van der Waals surface area contributed by atoms with Crippen molar-refractivity contribution in [2.24, 2.45) is 0 Å². The van der Waals surface area contributed by atoms with E-state index < -0.39 is 20.5 Å². The Balaban J connectivity index is -0.000000302. The zero-order valence-electron chi connectivity index (χ0n) is 15.0. The summed E-state index contributed by atoms with van der Waals surface area (Å²) in [7, 11) is -9.89. The summed E-state index contributed by atoms with van der Waals surface area (Å²) in [6, 6.07) is 7.33. The fourth-order valence-corrected chi connectivity index (χ4v) is 0.861. The van der Waals surface area contributed by atoms with E-state index in [1.54, 1.807) is 49.6 Å². The Hall–Kier alpha value is -2.38. The van der Waals surface area contributed by atoms with Gasteiger partial charge in [0.1, 0.15) is 0 Å². The fourth-order valence-electron chi connectivity index (χ4n) is 0.861. The Morgan fingerprint density at radius 2 is 0.581 bits per heavy atom. The van der Waals surface area contributed by atoms with E-state index in [-0.39, 0.29) is 17.1 Å². The van der Waals surface area contributed by atoms with Crippen molar-refractivity contribution in [1.82, 2.24) is 40.8 Å². The molecule has 1 radical (unpaired) electrons. The number of aromatic nitrogens is 8.